The maximum absolute atomic E-state index is 5.96. The quantitative estimate of drug-likeness (QED) is 0.788. The molecule has 4 heteroatoms. The van der Waals surface area contributed by atoms with Crippen molar-refractivity contribution in [3.63, 3.8) is 0 Å². The molecule has 0 aliphatic heterocycles. The van der Waals surface area contributed by atoms with E-state index in [1.54, 1.807) is 18.2 Å². The first-order valence-electron chi connectivity index (χ1n) is 5.44. The molecular formula is C12H17Cl2NO. The van der Waals surface area contributed by atoms with Crippen LogP contribution in [0.5, 0.6) is 5.75 Å². The molecule has 0 saturated heterocycles. The van der Waals surface area contributed by atoms with Crippen molar-refractivity contribution >= 4 is 23.2 Å². The van der Waals surface area contributed by atoms with Crippen molar-refractivity contribution in [1.29, 1.82) is 0 Å². The van der Waals surface area contributed by atoms with Gasteiger partial charge in [-0.3, -0.25) is 0 Å². The Kier molecular flexibility index (Phi) is 5.96. The zero-order chi connectivity index (χ0) is 12.0. The van der Waals surface area contributed by atoms with E-state index in [9.17, 15) is 0 Å². The molecule has 0 radical (unpaired) electrons. The van der Waals surface area contributed by atoms with E-state index in [0.717, 1.165) is 13.0 Å². The zero-order valence-electron chi connectivity index (χ0n) is 9.59. The summed E-state index contributed by atoms with van der Waals surface area (Å²) in [6, 6.07) is 5.72. The number of rotatable bonds is 6. The number of ether oxygens (including phenoxy) is 1. The Morgan fingerprint density at radius 3 is 2.81 bits per heavy atom. The summed E-state index contributed by atoms with van der Waals surface area (Å²) in [6.07, 6.45) is 1.11. The Morgan fingerprint density at radius 1 is 1.38 bits per heavy atom. The predicted octanol–water partition coefficient (Wildman–Crippen LogP) is 3.76. The first-order valence-corrected chi connectivity index (χ1v) is 6.20. The SMILES string of the molecule is CC[C@@H](C)NCCOc1cc(Cl)ccc1Cl. The van der Waals surface area contributed by atoms with Gasteiger partial charge in [0.25, 0.3) is 0 Å². The Morgan fingerprint density at radius 2 is 2.12 bits per heavy atom. The minimum absolute atomic E-state index is 0.512. The number of hydrogen-bond acceptors (Lipinski definition) is 2. The lowest BCUT2D eigenvalue weighted by atomic mass is 10.3. The summed E-state index contributed by atoms with van der Waals surface area (Å²) < 4.78 is 5.53. The molecule has 1 rings (SSSR count). The molecule has 90 valence electrons. The summed E-state index contributed by atoms with van der Waals surface area (Å²) in [5.74, 6) is 0.639. The van der Waals surface area contributed by atoms with Crippen molar-refractivity contribution in [2.45, 2.75) is 26.3 Å². The summed E-state index contributed by atoms with van der Waals surface area (Å²) in [5.41, 5.74) is 0. The van der Waals surface area contributed by atoms with Gasteiger partial charge >= 0.3 is 0 Å². The van der Waals surface area contributed by atoms with Gasteiger partial charge in [0, 0.05) is 23.7 Å². The highest BCUT2D eigenvalue weighted by molar-refractivity contribution is 6.34. The van der Waals surface area contributed by atoms with E-state index in [1.807, 2.05) is 0 Å². The predicted molar refractivity (Wildman–Crippen MR) is 69.7 cm³/mol. The van der Waals surface area contributed by atoms with E-state index in [0.29, 0.717) is 28.4 Å². The van der Waals surface area contributed by atoms with E-state index in [4.69, 9.17) is 27.9 Å². The average Bonchev–Trinajstić information content (AvgIpc) is 2.28. The van der Waals surface area contributed by atoms with E-state index in [-0.39, 0.29) is 0 Å². The second kappa shape index (κ2) is 7.00. The summed E-state index contributed by atoms with van der Waals surface area (Å²) in [5, 5.41) is 4.56. The van der Waals surface area contributed by atoms with Crippen LogP contribution in [0.1, 0.15) is 20.3 Å². The highest BCUT2D eigenvalue weighted by Gasteiger charge is 2.02. The summed E-state index contributed by atoms with van der Waals surface area (Å²) in [4.78, 5) is 0. The summed E-state index contributed by atoms with van der Waals surface area (Å²) in [6.45, 7) is 5.68. The van der Waals surface area contributed by atoms with Crippen molar-refractivity contribution in [2.75, 3.05) is 13.2 Å². The third-order valence-corrected chi connectivity index (χ3v) is 2.91. The van der Waals surface area contributed by atoms with Gasteiger partial charge in [-0.05, 0) is 25.5 Å². The molecule has 16 heavy (non-hydrogen) atoms. The van der Waals surface area contributed by atoms with Gasteiger partial charge in [0.05, 0.1) is 5.02 Å². The van der Waals surface area contributed by atoms with E-state index in [2.05, 4.69) is 19.2 Å². The van der Waals surface area contributed by atoms with Crippen molar-refractivity contribution in [2.24, 2.45) is 0 Å². The second-order valence-electron chi connectivity index (χ2n) is 3.69. The van der Waals surface area contributed by atoms with E-state index < -0.39 is 0 Å². The molecule has 0 spiro atoms. The molecule has 0 amide bonds. The maximum Gasteiger partial charge on any atom is 0.139 e. The number of nitrogens with one attached hydrogen (secondary N) is 1. The third kappa shape index (κ3) is 4.60. The molecule has 0 aliphatic rings. The van der Waals surface area contributed by atoms with Gasteiger partial charge in [0.15, 0.2) is 0 Å². The highest BCUT2D eigenvalue weighted by Crippen LogP contribution is 2.27. The number of hydrogen-bond donors (Lipinski definition) is 1. The lowest BCUT2D eigenvalue weighted by Crippen LogP contribution is -2.29. The third-order valence-electron chi connectivity index (χ3n) is 2.36. The Bertz CT molecular complexity index is 331. The minimum atomic E-state index is 0.512. The van der Waals surface area contributed by atoms with Crippen molar-refractivity contribution in [3.8, 4) is 5.75 Å². The lowest BCUT2D eigenvalue weighted by Gasteiger charge is -2.12. The monoisotopic (exact) mass is 261 g/mol. The second-order valence-corrected chi connectivity index (χ2v) is 4.53. The molecule has 1 atom stereocenters. The van der Waals surface area contributed by atoms with Crippen molar-refractivity contribution in [3.05, 3.63) is 28.2 Å². The zero-order valence-corrected chi connectivity index (χ0v) is 11.1. The topological polar surface area (TPSA) is 21.3 Å². The fourth-order valence-electron chi connectivity index (χ4n) is 1.20. The van der Waals surface area contributed by atoms with Crippen molar-refractivity contribution < 1.29 is 4.74 Å². The van der Waals surface area contributed by atoms with Crippen LogP contribution in [0.15, 0.2) is 18.2 Å². The first kappa shape index (κ1) is 13.6. The molecule has 0 fully saturated rings. The molecule has 0 unspecified atom stereocenters. The van der Waals surface area contributed by atoms with Gasteiger partial charge in [0.2, 0.25) is 0 Å². The lowest BCUT2D eigenvalue weighted by molar-refractivity contribution is 0.306. The standard InChI is InChI=1S/C12H17Cl2NO/c1-3-9(2)15-6-7-16-12-8-10(13)4-5-11(12)14/h4-5,8-9,15H,3,6-7H2,1-2H3/t9-/m1/s1. The molecule has 0 saturated carbocycles. The smallest absolute Gasteiger partial charge is 0.139 e. The van der Waals surface area contributed by atoms with Crippen LogP contribution in [0.4, 0.5) is 0 Å². The molecule has 1 aromatic carbocycles. The number of benzene rings is 1. The van der Waals surface area contributed by atoms with Crippen LogP contribution < -0.4 is 10.1 Å². The Labute approximate surface area is 107 Å². The van der Waals surface area contributed by atoms with Crippen LogP contribution >= 0.6 is 23.2 Å². The van der Waals surface area contributed by atoms with E-state index in [1.165, 1.54) is 0 Å². The van der Waals surface area contributed by atoms with Crippen LogP contribution in [0, 0.1) is 0 Å². The molecule has 0 aliphatic carbocycles. The van der Waals surface area contributed by atoms with Gasteiger partial charge in [-0.2, -0.15) is 0 Å². The molecule has 2 nitrogen and oxygen atoms in total. The first-order chi connectivity index (χ1) is 7.63. The van der Waals surface area contributed by atoms with Crippen LogP contribution in [0.25, 0.3) is 0 Å². The average molecular weight is 262 g/mol. The van der Waals surface area contributed by atoms with Crippen LogP contribution in [-0.4, -0.2) is 19.2 Å². The van der Waals surface area contributed by atoms with E-state index >= 15 is 0 Å². The maximum atomic E-state index is 5.96. The fourth-order valence-corrected chi connectivity index (χ4v) is 1.53. The molecular weight excluding hydrogens is 245 g/mol. The van der Waals surface area contributed by atoms with Gasteiger partial charge in [-0.15, -0.1) is 0 Å². The summed E-state index contributed by atoms with van der Waals surface area (Å²) >= 11 is 11.8. The van der Waals surface area contributed by atoms with Crippen LogP contribution in [-0.2, 0) is 0 Å². The van der Waals surface area contributed by atoms with Crippen LogP contribution in [0.2, 0.25) is 10.0 Å². The van der Waals surface area contributed by atoms with Gasteiger partial charge < -0.3 is 10.1 Å². The van der Waals surface area contributed by atoms with Crippen LogP contribution in [0.3, 0.4) is 0 Å². The Balaban J connectivity index is 2.34. The fraction of sp³-hybridized carbons (Fsp3) is 0.500. The van der Waals surface area contributed by atoms with Gasteiger partial charge in [-0.25, -0.2) is 0 Å². The molecule has 0 bridgehead atoms. The van der Waals surface area contributed by atoms with Gasteiger partial charge in [0.1, 0.15) is 12.4 Å². The molecule has 0 heterocycles. The van der Waals surface area contributed by atoms with Crippen molar-refractivity contribution in [1.82, 2.24) is 5.32 Å². The molecule has 0 aromatic heterocycles. The summed E-state index contributed by atoms with van der Waals surface area (Å²) in [7, 11) is 0. The largest absolute Gasteiger partial charge is 0.491 e. The molecule has 1 aromatic rings. The minimum Gasteiger partial charge on any atom is -0.491 e. The Hall–Kier alpha value is -0.440. The number of halogens is 2. The normalized spacial score (nSPS) is 12.5. The molecule has 1 N–H and O–H groups in total. The highest BCUT2D eigenvalue weighted by atomic mass is 35.5. The van der Waals surface area contributed by atoms with Gasteiger partial charge in [-0.1, -0.05) is 30.1 Å².